The highest BCUT2D eigenvalue weighted by molar-refractivity contribution is 7.92. The SMILES string of the molecule is COc1ccccc1C[C@@H](NC[C@@H](O)Cc1ccc(O)c(NS(C)(=O)=O)c1)c1ccc(OC)c(OC)c1. The number of aromatic hydroxyl groups is 1. The van der Waals surface area contributed by atoms with E-state index in [4.69, 9.17) is 14.2 Å². The smallest absolute Gasteiger partial charge is 0.229 e. The van der Waals surface area contributed by atoms with Crippen LogP contribution in [0, 0.1) is 0 Å². The van der Waals surface area contributed by atoms with Gasteiger partial charge in [-0.2, -0.15) is 0 Å². The molecule has 3 aromatic carbocycles. The zero-order chi connectivity index (χ0) is 27.0. The number of phenols is 1. The summed E-state index contributed by atoms with van der Waals surface area (Å²) < 4.78 is 41.8. The van der Waals surface area contributed by atoms with Gasteiger partial charge in [0.2, 0.25) is 10.0 Å². The predicted octanol–water partition coefficient (Wildman–Crippen LogP) is 3.27. The van der Waals surface area contributed by atoms with Crippen molar-refractivity contribution in [3.05, 3.63) is 77.4 Å². The molecule has 0 unspecified atom stereocenters. The van der Waals surface area contributed by atoms with Crippen molar-refractivity contribution in [2.24, 2.45) is 0 Å². The van der Waals surface area contributed by atoms with Gasteiger partial charge in [0, 0.05) is 12.6 Å². The molecule has 200 valence electrons. The lowest BCUT2D eigenvalue weighted by Crippen LogP contribution is -2.32. The Kier molecular flexibility index (Phi) is 9.62. The molecule has 0 heterocycles. The van der Waals surface area contributed by atoms with Gasteiger partial charge >= 0.3 is 0 Å². The van der Waals surface area contributed by atoms with E-state index >= 15 is 0 Å². The highest BCUT2D eigenvalue weighted by atomic mass is 32.2. The first-order valence-corrected chi connectivity index (χ1v) is 13.6. The third kappa shape index (κ3) is 8.01. The molecule has 0 amide bonds. The maximum Gasteiger partial charge on any atom is 0.229 e. The molecular weight excluding hydrogens is 496 g/mol. The lowest BCUT2D eigenvalue weighted by atomic mass is 9.97. The van der Waals surface area contributed by atoms with Crippen LogP contribution in [0.1, 0.15) is 22.7 Å². The minimum absolute atomic E-state index is 0.0690. The third-order valence-electron chi connectivity index (χ3n) is 5.85. The van der Waals surface area contributed by atoms with Crippen molar-refractivity contribution in [3.63, 3.8) is 0 Å². The first-order chi connectivity index (χ1) is 17.6. The Bertz CT molecular complexity index is 1300. The molecule has 2 atom stereocenters. The second kappa shape index (κ2) is 12.7. The number of ether oxygens (including phenoxy) is 3. The van der Waals surface area contributed by atoms with Gasteiger partial charge in [0.1, 0.15) is 11.5 Å². The van der Waals surface area contributed by atoms with Crippen LogP contribution in [0.3, 0.4) is 0 Å². The van der Waals surface area contributed by atoms with Gasteiger partial charge in [0.25, 0.3) is 0 Å². The Morgan fingerprint density at radius 3 is 2.24 bits per heavy atom. The second-order valence-electron chi connectivity index (χ2n) is 8.67. The van der Waals surface area contributed by atoms with Crippen LogP contribution in [-0.2, 0) is 22.9 Å². The molecule has 0 aliphatic heterocycles. The minimum atomic E-state index is -3.56. The van der Waals surface area contributed by atoms with Crippen molar-refractivity contribution in [1.82, 2.24) is 5.32 Å². The number of rotatable bonds is 13. The van der Waals surface area contributed by atoms with E-state index in [1.807, 2.05) is 42.5 Å². The Morgan fingerprint density at radius 2 is 1.57 bits per heavy atom. The van der Waals surface area contributed by atoms with Crippen LogP contribution in [0.4, 0.5) is 5.69 Å². The monoisotopic (exact) mass is 530 g/mol. The summed E-state index contributed by atoms with van der Waals surface area (Å²) in [5.41, 5.74) is 2.69. The van der Waals surface area contributed by atoms with Gasteiger partial charge in [-0.15, -0.1) is 0 Å². The molecule has 0 radical (unpaired) electrons. The molecule has 0 saturated carbocycles. The van der Waals surface area contributed by atoms with Gasteiger partial charge in [0.15, 0.2) is 11.5 Å². The van der Waals surface area contributed by atoms with Crippen molar-refractivity contribution in [3.8, 4) is 23.0 Å². The number of hydrogen-bond acceptors (Lipinski definition) is 8. The molecule has 0 fully saturated rings. The van der Waals surface area contributed by atoms with E-state index < -0.39 is 16.1 Å². The topological polar surface area (TPSA) is 126 Å². The largest absolute Gasteiger partial charge is 0.506 e. The molecule has 0 aliphatic carbocycles. The van der Waals surface area contributed by atoms with Gasteiger partial charge in [-0.1, -0.05) is 30.3 Å². The van der Waals surface area contributed by atoms with Crippen molar-refractivity contribution in [2.45, 2.75) is 25.0 Å². The van der Waals surface area contributed by atoms with E-state index in [-0.39, 0.29) is 30.4 Å². The number of nitrogens with one attached hydrogen (secondary N) is 2. The average molecular weight is 531 g/mol. The first kappa shape index (κ1) is 28.1. The standard InChI is InChI=1S/C27H34N2O7S/c1-34-25-8-6-5-7-20(25)15-22(19-10-12-26(35-2)27(16-19)36-3)28-17-21(30)13-18-9-11-24(31)23(14-18)29-37(4,32)33/h5-12,14,16,21-22,28-31H,13,15,17H2,1-4H3/t21-,22+/m0/s1. The van der Waals surface area contributed by atoms with Gasteiger partial charge in [-0.25, -0.2) is 8.42 Å². The van der Waals surface area contributed by atoms with Gasteiger partial charge in [-0.05, 0) is 59.9 Å². The molecule has 3 rings (SSSR count). The lowest BCUT2D eigenvalue weighted by molar-refractivity contribution is 0.167. The summed E-state index contributed by atoms with van der Waals surface area (Å²) >= 11 is 0. The molecule has 0 aromatic heterocycles. The zero-order valence-corrected chi connectivity index (χ0v) is 22.2. The van der Waals surface area contributed by atoms with E-state index in [1.165, 1.54) is 12.1 Å². The van der Waals surface area contributed by atoms with Crippen LogP contribution in [0.15, 0.2) is 60.7 Å². The Labute approximate surface area is 218 Å². The summed E-state index contributed by atoms with van der Waals surface area (Å²) in [6.07, 6.45) is 1.07. The molecule has 0 aliphatic rings. The second-order valence-corrected chi connectivity index (χ2v) is 10.4. The molecular formula is C27H34N2O7S. The van der Waals surface area contributed by atoms with E-state index in [0.29, 0.717) is 23.5 Å². The van der Waals surface area contributed by atoms with Crippen LogP contribution in [-0.4, -0.2) is 58.9 Å². The molecule has 9 nitrogen and oxygen atoms in total. The fourth-order valence-corrected chi connectivity index (χ4v) is 4.65. The molecule has 4 N–H and O–H groups in total. The number of benzene rings is 3. The molecule has 37 heavy (non-hydrogen) atoms. The number of hydrogen-bond donors (Lipinski definition) is 4. The number of anilines is 1. The summed E-state index contributed by atoms with van der Waals surface area (Å²) in [6.45, 7) is 0.254. The number of aliphatic hydroxyl groups excluding tert-OH is 1. The molecule has 0 bridgehead atoms. The Balaban J connectivity index is 1.79. The fraction of sp³-hybridized carbons (Fsp3) is 0.333. The fourth-order valence-electron chi connectivity index (χ4n) is 4.08. The highest BCUT2D eigenvalue weighted by Gasteiger charge is 2.19. The zero-order valence-electron chi connectivity index (χ0n) is 21.4. The van der Waals surface area contributed by atoms with Crippen LogP contribution in [0.2, 0.25) is 0 Å². The van der Waals surface area contributed by atoms with Gasteiger partial charge < -0.3 is 29.7 Å². The third-order valence-corrected chi connectivity index (χ3v) is 6.44. The minimum Gasteiger partial charge on any atom is -0.506 e. The van der Waals surface area contributed by atoms with E-state index in [9.17, 15) is 18.6 Å². The van der Waals surface area contributed by atoms with E-state index in [2.05, 4.69) is 10.0 Å². The van der Waals surface area contributed by atoms with Crippen LogP contribution in [0.25, 0.3) is 0 Å². The van der Waals surface area contributed by atoms with Crippen LogP contribution in [0.5, 0.6) is 23.0 Å². The molecule has 3 aromatic rings. The van der Waals surface area contributed by atoms with Crippen molar-refractivity contribution < 1.29 is 32.8 Å². The molecule has 0 spiro atoms. The van der Waals surface area contributed by atoms with Crippen LogP contribution >= 0.6 is 0 Å². The Hall–Kier alpha value is -3.47. The number of aliphatic hydroxyl groups is 1. The Morgan fingerprint density at radius 1 is 0.865 bits per heavy atom. The quantitative estimate of drug-likeness (QED) is 0.248. The number of phenolic OH excluding ortho intramolecular Hbond substituents is 1. The summed E-state index contributed by atoms with van der Waals surface area (Å²) in [7, 11) is 1.24. The van der Waals surface area contributed by atoms with Crippen molar-refractivity contribution in [2.75, 3.05) is 38.9 Å². The van der Waals surface area contributed by atoms with Gasteiger partial charge in [-0.3, -0.25) is 4.72 Å². The number of methoxy groups -OCH3 is 3. The van der Waals surface area contributed by atoms with Crippen LogP contribution < -0.4 is 24.2 Å². The predicted molar refractivity (Wildman–Crippen MR) is 143 cm³/mol. The maximum atomic E-state index is 11.6. The molecule has 10 heteroatoms. The first-order valence-electron chi connectivity index (χ1n) is 11.7. The normalized spacial score (nSPS) is 13.0. The lowest BCUT2D eigenvalue weighted by Gasteiger charge is -2.23. The average Bonchev–Trinajstić information content (AvgIpc) is 2.87. The number of para-hydroxylation sites is 1. The highest BCUT2D eigenvalue weighted by Crippen LogP contribution is 2.32. The number of sulfonamides is 1. The van der Waals surface area contributed by atoms with Crippen molar-refractivity contribution in [1.29, 1.82) is 0 Å². The van der Waals surface area contributed by atoms with Crippen molar-refractivity contribution >= 4 is 15.7 Å². The summed E-state index contributed by atoms with van der Waals surface area (Å²) in [4.78, 5) is 0. The van der Waals surface area contributed by atoms with E-state index in [1.54, 1.807) is 27.4 Å². The summed E-state index contributed by atoms with van der Waals surface area (Å²) in [5.74, 6) is 1.80. The molecule has 0 saturated heterocycles. The summed E-state index contributed by atoms with van der Waals surface area (Å²) in [6, 6.07) is 17.8. The van der Waals surface area contributed by atoms with E-state index in [0.717, 1.165) is 23.1 Å². The summed E-state index contributed by atoms with van der Waals surface area (Å²) in [5, 5.41) is 24.2. The maximum absolute atomic E-state index is 11.6. The van der Waals surface area contributed by atoms with Gasteiger partial charge in [0.05, 0.1) is 39.4 Å².